The molecule has 0 N–H and O–H groups in total. The van der Waals surface area contributed by atoms with Crippen molar-refractivity contribution in [3.8, 4) is 5.69 Å². The molecule has 2 aliphatic carbocycles. The lowest BCUT2D eigenvalue weighted by molar-refractivity contribution is 0.414. The van der Waals surface area contributed by atoms with Crippen LogP contribution in [-0.4, -0.2) is 18.8 Å². The fraction of sp³-hybridized carbons (Fsp3) is 0.158. The molecule has 2 aliphatic heterocycles. The Morgan fingerprint density at radius 1 is 0.800 bits per heavy atom. The van der Waals surface area contributed by atoms with Gasteiger partial charge in [0.1, 0.15) is 0 Å². The van der Waals surface area contributed by atoms with Gasteiger partial charge in [0.2, 0.25) is 0 Å². The van der Waals surface area contributed by atoms with Gasteiger partial charge >= 0.3 is 11.4 Å². The van der Waals surface area contributed by atoms with Crippen molar-refractivity contribution in [2.45, 2.75) is 16.9 Å². The predicted octanol–water partition coefficient (Wildman–Crippen LogP) is 2.65. The van der Waals surface area contributed by atoms with Crippen LogP contribution in [0.25, 0.3) is 5.69 Å². The molecule has 124 valence electrons. The van der Waals surface area contributed by atoms with Crippen LogP contribution in [0.4, 0.5) is 0 Å². The van der Waals surface area contributed by atoms with Crippen molar-refractivity contribution in [2.24, 2.45) is 0 Å². The van der Waals surface area contributed by atoms with Crippen LogP contribution in [0.1, 0.15) is 12.1 Å². The highest BCUT2D eigenvalue weighted by Crippen LogP contribution is 2.43. The summed E-state index contributed by atoms with van der Waals surface area (Å²) in [5, 5.41) is 0. The molecule has 1 aromatic carbocycles. The van der Waals surface area contributed by atoms with Gasteiger partial charge in [-0.05, 0) is 23.3 Å². The Morgan fingerprint density at radius 3 is 1.84 bits per heavy atom. The van der Waals surface area contributed by atoms with Gasteiger partial charge in [-0.1, -0.05) is 70.6 Å². The number of rotatable bonds is 1. The van der Waals surface area contributed by atoms with Crippen molar-refractivity contribution in [1.82, 2.24) is 13.9 Å². The van der Waals surface area contributed by atoms with Crippen molar-refractivity contribution >= 4 is 15.9 Å². The Morgan fingerprint density at radius 2 is 1.32 bits per heavy atom. The lowest BCUT2D eigenvalue weighted by Crippen LogP contribution is -2.34. The van der Waals surface area contributed by atoms with Gasteiger partial charge in [-0.15, -0.1) is 0 Å². The zero-order valence-electron chi connectivity index (χ0n) is 13.1. The van der Waals surface area contributed by atoms with Gasteiger partial charge in [-0.2, -0.15) is 0 Å². The van der Waals surface area contributed by atoms with Crippen molar-refractivity contribution in [3.05, 3.63) is 98.9 Å². The van der Waals surface area contributed by atoms with Gasteiger partial charge in [0.15, 0.2) is 0 Å². The first kappa shape index (κ1) is 14.7. The number of hydrogen-bond acceptors (Lipinski definition) is 2. The zero-order chi connectivity index (χ0) is 17.1. The third-order valence-electron chi connectivity index (χ3n) is 4.98. The van der Waals surface area contributed by atoms with Gasteiger partial charge in [-0.3, -0.25) is 0 Å². The monoisotopic (exact) mass is 395 g/mol. The van der Waals surface area contributed by atoms with Crippen LogP contribution >= 0.6 is 15.9 Å². The molecule has 3 heterocycles. The molecule has 0 saturated heterocycles. The summed E-state index contributed by atoms with van der Waals surface area (Å²) < 4.78 is 4.42. The van der Waals surface area contributed by atoms with E-state index >= 15 is 0 Å². The Labute approximate surface area is 151 Å². The predicted molar refractivity (Wildman–Crippen MR) is 99.5 cm³/mol. The largest absolute Gasteiger partial charge is 0.352 e. The minimum atomic E-state index is -0.313. The minimum Gasteiger partial charge on any atom is -0.245 e. The second-order valence-corrected chi connectivity index (χ2v) is 7.20. The SMILES string of the molecule is O=c1n(-c2ccccc2)c(=O)n2n1[C@H]1C=C[C@H]2C2=CC=CC=C1C2Br. The molecule has 25 heavy (non-hydrogen) atoms. The van der Waals surface area contributed by atoms with Gasteiger partial charge < -0.3 is 0 Å². The van der Waals surface area contributed by atoms with E-state index in [1.165, 1.54) is 4.57 Å². The zero-order valence-corrected chi connectivity index (χ0v) is 14.7. The van der Waals surface area contributed by atoms with Crippen LogP contribution in [0.15, 0.2) is 87.5 Å². The van der Waals surface area contributed by atoms with Crippen LogP contribution < -0.4 is 11.4 Å². The molecule has 5 nitrogen and oxygen atoms in total. The Kier molecular flexibility index (Phi) is 3.06. The molecule has 0 saturated carbocycles. The quantitative estimate of drug-likeness (QED) is 0.550. The number of para-hydroxylation sites is 1. The number of halogens is 1. The Hall–Kier alpha value is -2.60. The summed E-state index contributed by atoms with van der Waals surface area (Å²) in [6.07, 6.45) is 12.0. The average molecular weight is 396 g/mol. The smallest absolute Gasteiger partial charge is 0.245 e. The molecule has 0 amide bonds. The topological polar surface area (TPSA) is 48.9 Å². The van der Waals surface area contributed by atoms with E-state index in [0.717, 1.165) is 11.1 Å². The molecule has 2 aromatic rings. The highest BCUT2D eigenvalue weighted by molar-refractivity contribution is 9.09. The van der Waals surface area contributed by atoms with Gasteiger partial charge in [-0.25, -0.2) is 23.5 Å². The molecule has 0 spiro atoms. The fourth-order valence-corrected chi connectivity index (χ4v) is 4.69. The number of alkyl halides is 1. The van der Waals surface area contributed by atoms with Gasteiger partial charge in [0, 0.05) is 0 Å². The summed E-state index contributed by atoms with van der Waals surface area (Å²) in [5.41, 5.74) is 2.07. The molecule has 4 bridgehead atoms. The number of hydrogen-bond donors (Lipinski definition) is 0. The van der Waals surface area contributed by atoms with Crippen LogP contribution in [0.3, 0.4) is 0 Å². The lowest BCUT2D eigenvalue weighted by Gasteiger charge is -2.23. The maximum atomic E-state index is 13.1. The first-order chi connectivity index (χ1) is 12.2. The highest BCUT2D eigenvalue weighted by Gasteiger charge is 2.40. The molecule has 2 atom stereocenters. The van der Waals surface area contributed by atoms with Crippen molar-refractivity contribution in [2.75, 3.05) is 0 Å². The van der Waals surface area contributed by atoms with E-state index in [0.29, 0.717) is 5.69 Å². The van der Waals surface area contributed by atoms with Gasteiger partial charge in [0.05, 0.1) is 22.6 Å². The maximum Gasteiger partial charge on any atom is 0.352 e. The van der Waals surface area contributed by atoms with Crippen LogP contribution in [0.2, 0.25) is 0 Å². The molecule has 0 unspecified atom stereocenters. The summed E-state index contributed by atoms with van der Waals surface area (Å²) >= 11 is 3.75. The summed E-state index contributed by atoms with van der Waals surface area (Å²) in [6, 6.07) is 8.51. The van der Waals surface area contributed by atoms with Crippen LogP contribution in [0, 0.1) is 0 Å². The summed E-state index contributed by atoms with van der Waals surface area (Å²) in [7, 11) is 0. The van der Waals surface area contributed by atoms with Crippen LogP contribution in [-0.2, 0) is 0 Å². The molecule has 6 heteroatoms. The van der Waals surface area contributed by atoms with Crippen LogP contribution in [0.5, 0.6) is 0 Å². The second-order valence-electron chi connectivity index (χ2n) is 6.28. The molecule has 0 radical (unpaired) electrons. The summed E-state index contributed by atoms with van der Waals surface area (Å²) in [5.74, 6) is 0. The lowest BCUT2D eigenvalue weighted by atomic mass is 10.0. The van der Waals surface area contributed by atoms with Gasteiger partial charge in [0.25, 0.3) is 0 Å². The average Bonchev–Trinajstić information content (AvgIpc) is 2.77. The molecule has 6 rings (SSSR count). The molecule has 1 aromatic heterocycles. The van der Waals surface area contributed by atoms with E-state index in [1.807, 2.05) is 54.7 Å². The number of aromatic nitrogens is 3. The Balaban J connectivity index is 1.86. The molecular formula is C19H14BrN3O2. The number of nitrogens with zero attached hydrogens (tertiary/aromatic N) is 3. The van der Waals surface area contributed by atoms with E-state index in [4.69, 9.17) is 0 Å². The maximum absolute atomic E-state index is 13.1. The third kappa shape index (κ3) is 1.88. The molecular weight excluding hydrogens is 382 g/mol. The van der Waals surface area contributed by atoms with Crippen molar-refractivity contribution in [1.29, 1.82) is 0 Å². The molecule has 4 aliphatic rings. The van der Waals surface area contributed by atoms with E-state index in [9.17, 15) is 9.59 Å². The third-order valence-corrected chi connectivity index (χ3v) is 6.04. The van der Waals surface area contributed by atoms with E-state index in [-0.39, 0.29) is 28.3 Å². The second kappa shape index (κ2) is 5.20. The minimum absolute atomic E-state index is 0.00359. The van der Waals surface area contributed by atoms with E-state index in [2.05, 4.69) is 15.9 Å². The number of benzene rings is 1. The van der Waals surface area contributed by atoms with E-state index in [1.54, 1.807) is 21.5 Å². The number of allylic oxidation sites excluding steroid dienone is 8. The first-order valence-corrected chi connectivity index (χ1v) is 9.02. The van der Waals surface area contributed by atoms with Crippen molar-refractivity contribution < 1.29 is 0 Å². The normalized spacial score (nSPS) is 25.9. The highest BCUT2D eigenvalue weighted by atomic mass is 79.9. The standard InChI is InChI=1S/C19H14BrN3O2/c20-17-13-8-4-5-9-14(17)16-11-10-15(13)22-18(24)21(19(25)23(16)22)12-6-2-1-3-7-12/h1-11,15-17H/t15-,16-/m0/s1. The van der Waals surface area contributed by atoms with E-state index < -0.39 is 0 Å². The fourth-order valence-electron chi connectivity index (χ4n) is 3.84. The first-order valence-electron chi connectivity index (χ1n) is 8.10. The summed E-state index contributed by atoms with van der Waals surface area (Å²) in [6.45, 7) is 0. The Bertz CT molecular complexity index is 1050. The molecule has 0 fully saturated rings. The summed E-state index contributed by atoms with van der Waals surface area (Å²) in [4.78, 5) is 26.3. The van der Waals surface area contributed by atoms with Crippen molar-refractivity contribution in [3.63, 3.8) is 0 Å².